The summed E-state index contributed by atoms with van der Waals surface area (Å²) >= 11 is 0. The van der Waals surface area contributed by atoms with Crippen molar-refractivity contribution >= 4 is 11.5 Å². The first-order valence-corrected chi connectivity index (χ1v) is 9.18. The molecule has 0 atom stereocenters. The van der Waals surface area contributed by atoms with Crippen LogP contribution >= 0.6 is 0 Å². The lowest BCUT2D eigenvalue weighted by atomic mass is 9.95. The van der Waals surface area contributed by atoms with E-state index in [0.717, 1.165) is 50.3 Å². The highest BCUT2D eigenvalue weighted by molar-refractivity contribution is 5.97. The van der Waals surface area contributed by atoms with Gasteiger partial charge in [0.2, 0.25) is 0 Å². The molecule has 2 rings (SSSR count). The summed E-state index contributed by atoms with van der Waals surface area (Å²) in [6.45, 7) is 12.6. The molecule has 0 unspecified atom stereocenters. The number of rotatable bonds is 7. The van der Waals surface area contributed by atoms with Crippen LogP contribution in [0, 0.1) is 6.92 Å². The first kappa shape index (κ1) is 18.9. The van der Waals surface area contributed by atoms with Crippen LogP contribution in [0.1, 0.15) is 41.8 Å². The zero-order valence-electron chi connectivity index (χ0n) is 16.1. The van der Waals surface area contributed by atoms with Gasteiger partial charge in [-0.05, 0) is 77.1 Å². The van der Waals surface area contributed by atoms with E-state index < -0.39 is 0 Å². The molecule has 1 saturated heterocycles. The monoisotopic (exact) mass is 331 g/mol. The third kappa shape index (κ3) is 4.81. The zero-order valence-corrected chi connectivity index (χ0v) is 16.1. The van der Waals surface area contributed by atoms with Crippen molar-refractivity contribution in [3.05, 3.63) is 28.8 Å². The Morgan fingerprint density at radius 1 is 1.17 bits per heavy atom. The van der Waals surface area contributed by atoms with E-state index in [1.807, 2.05) is 0 Å². The van der Waals surface area contributed by atoms with Crippen molar-refractivity contribution in [2.75, 3.05) is 58.3 Å². The molecule has 0 bridgehead atoms. The van der Waals surface area contributed by atoms with Gasteiger partial charge >= 0.3 is 0 Å². The molecule has 1 aromatic rings. The number of hydrogen-bond acceptors (Lipinski definition) is 4. The molecule has 1 heterocycles. The topological polar surface area (TPSA) is 26.8 Å². The van der Waals surface area contributed by atoms with Gasteiger partial charge in [-0.3, -0.25) is 9.69 Å². The second-order valence-corrected chi connectivity index (χ2v) is 7.19. The van der Waals surface area contributed by atoms with E-state index in [-0.39, 0.29) is 5.78 Å². The van der Waals surface area contributed by atoms with Gasteiger partial charge in [-0.2, -0.15) is 0 Å². The first-order valence-electron chi connectivity index (χ1n) is 9.18. The molecule has 0 spiro atoms. The fourth-order valence-corrected chi connectivity index (χ4v) is 3.64. The Labute approximate surface area is 147 Å². The summed E-state index contributed by atoms with van der Waals surface area (Å²) in [4.78, 5) is 19.2. The largest absolute Gasteiger partial charge is 0.369 e. The van der Waals surface area contributed by atoms with Gasteiger partial charge in [-0.25, -0.2) is 0 Å². The molecule has 0 N–H and O–H groups in total. The molecule has 134 valence electrons. The van der Waals surface area contributed by atoms with E-state index in [4.69, 9.17) is 0 Å². The number of ketones is 1. The summed E-state index contributed by atoms with van der Waals surface area (Å²) < 4.78 is 0. The molecule has 1 aliphatic heterocycles. The van der Waals surface area contributed by atoms with Crippen LogP contribution in [0.15, 0.2) is 12.1 Å². The second-order valence-electron chi connectivity index (χ2n) is 7.19. The number of benzene rings is 1. The smallest absolute Gasteiger partial charge is 0.160 e. The minimum absolute atomic E-state index is 0.182. The van der Waals surface area contributed by atoms with Crippen molar-refractivity contribution in [3.8, 4) is 0 Å². The van der Waals surface area contributed by atoms with E-state index in [9.17, 15) is 4.79 Å². The number of Topliss-reactive ketones (excluding diaryl/α,β-unsaturated/α-hetero) is 1. The van der Waals surface area contributed by atoms with Gasteiger partial charge in [-0.15, -0.1) is 0 Å². The lowest BCUT2D eigenvalue weighted by molar-refractivity contribution is 0.101. The number of piperazine rings is 1. The number of carbonyl (C=O) groups excluding carboxylic acids is 1. The van der Waals surface area contributed by atoms with E-state index in [2.05, 4.69) is 54.8 Å². The SMILES string of the molecule is CCc1cc(N2CCN(CCCN(C)C)CC2)cc(C)c1C(C)=O. The summed E-state index contributed by atoms with van der Waals surface area (Å²) in [6.07, 6.45) is 2.15. The predicted octanol–water partition coefficient (Wildman–Crippen LogP) is 2.83. The number of hydrogen-bond donors (Lipinski definition) is 0. The minimum atomic E-state index is 0.182. The zero-order chi connectivity index (χ0) is 17.7. The number of carbonyl (C=O) groups is 1. The molecule has 0 radical (unpaired) electrons. The first-order chi connectivity index (χ1) is 11.4. The fraction of sp³-hybridized carbons (Fsp3) is 0.650. The van der Waals surface area contributed by atoms with Crippen molar-refractivity contribution in [2.24, 2.45) is 0 Å². The van der Waals surface area contributed by atoms with E-state index in [1.165, 1.54) is 24.2 Å². The average Bonchev–Trinajstić information content (AvgIpc) is 2.54. The van der Waals surface area contributed by atoms with Crippen LogP contribution in [-0.4, -0.2) is 68.9 Å². The van der Waals surface area contributed by atoms with Gasteiger partial charge in [0.15, 0.2) is 5.78 Å². The highest BCUT2D eigenvalue weighted by Gasteiger charge is 2.19. The molecule has 0 saturated carbocycles. The normalized spacial score (nSPS) is 16.0. The molecule has 0 amide bonds. The second kappa shape index (κ2) is 8.63. The Balaban J connectivity index is 1.99. The Hall–Kier alpha value is -1.39. The molecular formula is C20H33N3O. The Kier molecular flexibility index (Phi) is 6.81. The van der Waals surface area contributed by atoms with Crippen molar-refractivity contribution < 1.29 is 4.79 Å². The molecule has 1 aliphatic rings. The number of nitrogens with zero attached hydrogens (tertiary/aromatic N) is 3. The minimum Gasteiger partial charge on any atom is -0.369 e. The van der Waals surface area contributed by atoms with Crippen LogP contribution in [0.2, 0.25) is 0 Å². The fourth-order valence-electron chi connectivity index (χ4n) is 3.64. The lowest BCUT2D eigenvalue weighted by Crippen LogP contribution is -2.47. The maximum absolute atomic E-state index is 11.9. The van der Waals surface area contributed by atoms with Gasteiger partial charge in [-0.1, -0.05) is 6.92 Å². The molecule has 4 nitrogen and oxygen atoms in total. The van der Waals surface area contributed by atoms with Gasteiger partial charge in [0.05, 0.1) is 0 Å². The third-order valence-electron chi connectivity index (χ3n) is 4.95. The lowest BCUT2D eigenvalue weighted by Gasteiger charge is -2.36. The summed E-state index contributed by atoms with van der Waals surface area (Å²) in [5, 5.41) is 0. The van der Waals surface area contributed by atoms with Crippen LogP contribution in [0.25, 0.3) is 0 Å². The van der Waals surface area contributed by atoms with Gasteiger partial charge in [0.25, 0.3) is 0 Å². The molecule has 24 heavy (non-hydrogen) atoms. The Morgan fingerprint density at radius 3 is 2.38 bits per heavy atom. The van der Waals surface area contributed by atoms with E-state index in [0.29, 0.717) is 0 Å². The van der Waals surface area contributed by atoms with Crippen LogP contribution < -0.4 is 4.90 Å². The summed E-state index contributed by atoms with van der Waals surface area (Å²) in [5.41, 5.74) is 4.50. The molecule has 1 fully saturated rings. The van der Waals surface area contributed by atoms with Gasteiger partial charge in [0, 0.05) is 37.4 Å². The quantitative estimate of drug-likeness (QED) is 0.718. The van der Waals surface area contributed by atoms with E-state index in [1.54, 1.807) is 6.92 Å². The average molecular weight is 332 g/mol. The van der Waals surface area contributed by atoms with Crippen molar-refractivity contribution in [3.63, 3.8) is 0 Å². The predicted molar refractivity (Wildman–Crippen MR) is 102 cm³/mol. The van der Waals surface area contributed by atoms with Crippen molar-refractivity contribution in [1.29, 1.82) is 0 Å². The molecule has 1 aromatic carbocycles. The molecule has 0 aromatic heterocycles. The van der Waals surface area contributed by atoms with Crippen LogP contribution in [-0.2, 0) is 6.42 Å². The highest BCUT2D eigenvalue weighted by Crippen LogP contribution is 2.25. The van der Waals surface area contributed by atoms with Crippen LogP contribution in [0.3, 0.4) is 0 Å². The molecule has 4 heteroatoms. The summed E-state index contributed by atoms with van der Waals surface area (Å²) in [6, 6.07) is 4.42. The maximum Gasteiger partial charge on any atom is 0.160 e. The standard InChI is InChI=1S/C20H33N3O/c1-6-18-15-19(14-16(2)20(18)17(3)24)23-12-10-22(11-13-23)9-7-8-21(4)5/h14-15H,6-13H2,1-5H3. The van der Waals surface area contributed by atoms with Gasteiger partial charge < -0.3 is 9.80 Å². The Bertz CT molecular complexity index is 560. The highest BCUT2D eigenvalue weighted by atomic mass is 16.1. The van der Waals surface area contributed by atoms with Crippen molar-refractivity contribution in [2.45, 2.75) is 33.6 Å². The van der Waals surface area contributed by atoms with Crippen LogP contribution in [0.4, 0.5) is 5.69 Å². The third-order valence-corrected chi connectivity index (χ3v) is 4.95. The maximum atomic E-state index is 11.9. The molecule has 0 aliphatic carbocycles. The summed E-state index contributed by atoms with van der Waals surface area (Å²) in [7, 11) is 4.27. The number of anilines is 1. The van der Waals surface area contributed by atoms with Crippen molar-refractivity contribution in [1.82, 2.24) is 9.80 Å². The Morgan fingerprint density at radius 2 is 1.83 bits per heavy atom. The van der Waals surface area contributed by atoms with E-state index >= 15 is 0 Å². The number of aryl methyl sites for hydroxylation is 2. The molecular weight excluding hydrogens is 298 g/mol. The summed E-state index contributed by atoms with van der Waals surface area (Å²) in [5.74, 6) is 0.182. The van der Waals surface area contributed by atoms with Crippen LogP contribution in [0.5, 0.6) is 0 Å². The van der Waals surface area contributed by atoms with Gasteiger partial charge in [0.1, 0.15) is 0 Å².